The van der Waals surface area contributed by atoms with Gasteiger partial charge in [-0.3, -0.25) is 19.6 Å². The molecule has 4 rings (SSSR count). The van der Waals surface area contributed by atoms with Crippen molar-refractivity contribution in [1.29, 1.82) is 0 Å². The van der Waals surface area contributed by atoms with Crippen molar-refractivity contribution in [3.8, 4) is 0 Å². The highest BCUT2D eigenvalue weighted by atomic mass is 15.3. The zero-order chi connectivity index (χ0) is 20.2. The minimum atomic E-state index is 0.330. The summed E-state index contributed by atoms with van der Waals surface area (Å²) in [6, 6.07) is 1.71. The summed E-state index contributed by atoms with van der Waals surface area (Å²) in [7, 11) is 0. The Morgan fingerprint density at radius 2 is 1.14 bits per heavy atom. The number of rotatable bonds is 2. The maximum Gasteiger partial charge on any atom is 0.0236 e. The first-order chi connectivity index (χ1) is 13.1. The van der Waals surface area contributed by atoms with Crippen LogP contribution in [-0.2, 0) is 0 Å². The molecule has 1 atom stereocenters. The molecule has 1 saturated carbocycles. The highest BCUT2D eigenvalue weighted by molar-refractivity contribution is 5.04. The van der Waals surface area contributed by atoms with Gasteiger partial charge in [-0.2, -0.15) is 0 Å². The minimum Gasteiger partial charge on any atom is -0.299 e. The molecular formula is C24H46N4. The highest BCUT2D eigenvalue weighted by Crippen LogP contribution is 2.52. The van der Waals surface area contributed by atoms with E-state index in [2.05, 4.69) is 61.1 Å². The number of likely N-dealkylation sites (tertiary alicyclic amines) is 2. The smallest absolute Gasteiger partial charge is 0.0236 e. The predicted octanol–water partition coefficient (Wildman–Crippen LogP) is 3.52. The monoisotopic (exact) mass is 390 g/mol. The first kappa shape index (κ1) is 21.1. The van der Waals surface area contributed by atoms with E-state index in [4.69, 9.17) is 0 Å². The topological polar surface area (TPSA) is 13.0 Å². The summed E-state index contributed by atoms with van der Waals surface area (Å²) in [5.74, 6) is 0. The number of piperidine rings is 1. The Bertz CT molecular complexity index is 522. The van der Waals surface area contributed by atoms with Crippen LogP contribution in [0.1, 0.15) is 73.6 Å². The Kier molecular flexibility index (Phi) is 5.66. The van der Waals surface area contributed by atoms with Crippen LogP contribution >= 0.6 is 0 Å². The highest BCUT2D eigenvalue weighted by Gasteiger charge is 2.49. The van der Waals surface area contributed by atoms with Crippen LogP contribution in [0.15, 0.2) is 0 Å². The van der Waals surface area contributed by atoms with E-state index in [1.54, 1.807) is 0 Å². The maximum absolute atomic E-state index is 2.86. The second kappa shape index (κ2) is 7.51. The quantitative estimate of drug-likeness (QED) is 0.715. The van der Waals surface area contributed by atoms with E-state index in [1.165, 1.54) is 84.5 Å². The molecule has 0 N–H and O–H groups in total. The van der Waals surface area contributed by atoms with Gasteiger partial charge in [0.15, 0.2) is 0 Å². The molecule has 4 heteroatoms. The molecule has 162 valence electrons. The van der Waals surface area contributed by atoms with E-state index in [0.29, 0.717) is 16.5 Å². The van der Waals surface area contributed by atoms with E-state index in [9.17, 15) is 0 Å². The fourth-order valence-electron chi connectivity index (χ4n) is 6.41. The Morgan fingerprint density at radius 1 is 0.607 bits per heavy atom. The van der Waals surface area contributed by atoms with Crippen LogP contribution in [0.3, 0.4) is 0 Å². The molecule has 0 aromatic carbocycles. The predicted molar refractivity (Wildman–Crippen MR) is 119 cm³/mol. The molecule has 1 aliphatic carbocycles. The van der Waals surface area contributed by atoms with Crippen molar-refractivity contribution in [3.05, 3.63) is 0 Å². The third-order valence-corrected chi connectivity index (χ3v) is 8.60. The van der Waals surface area contributed by atoms with E-state index in [0.717, 1.165) is 12.1 Å². The van der Waals surface area contributed by atoms with Crippen LogP contribution in [0.4, 0.5) is 0 Å². The van der Waals surface area contributed by atoms with Crippen molar-refractivity contribution in [2.75, 3.05) is 52.4 Å². The molecule has 3 aliphatic heterocycles. The lowest BCUT2D eigenvalue weighted by Crippen LogP contribution is -2.58. The van der Waals surface area contributed by atoms with Gasteiger partial charge in [0.2, 0.25) is 0 Å². The summed E-state index contributed by atoms with van der Waals surface area (Å²) in [5.41, 5.74) is 1.38. The fourth-order valence-corrected chi connectivity index (χ4v) is 6.41. The molecule has 3 saturated heterocycles. The Labute approximate surface area is 174 Å². The third kappa shape index (κ3) is 4.31. The van der Waals surface area contributed by atoms with Crippen LogP contribution in [0.25, 0.3) is 0 Å². The van der Waals surface area contributed by atoms with Gasteiger partial charge in [0, 0.05) is 62.4 Å². The van der Waals surface area contributed by atoms with Gasteiger partial charge in [0.25, 0.3) is 0 Å². The summed E-state index contributed by atoms with van der Waals surface area (Å²) in [5, 5.41) is 0. The van der Waals surface area contributed by atoms with E-state index in [-0.39, 0.29) is 0 Å². The largest absolute Gasteiger partial charge is 0.299 e. The van der Waals surface area contributed by atoms with Crippen LogP contribution < -0.4 is 0 Å². The van der Waals surface area contributed by atoms with Crippen LogP contribution in [0, 0.1) is 5.41 Å². The van der Waals surface area contributed by atoms with Gasteiger partial charge < -0.3 is 0 Å². The van der Waals surface area contributed by atoms with Gasteiger partial charge in [0.05, 0.1) is 0 Å². The Hall–Kier alpha value is -0.160. The molecule has 0 bridgehead atoms. The van der Waals surface area contributed by atoms with Gasteiger partial charge in [-0.05, 0) is 92.2 Å². The van der Waals surface area contributed by atoms with Gasteiger partial charge in [-0.15, -0.1) is 0 Å². The third-order valence-electron chi connectivity index (χ3n) is 8.60. The van der Waals surface area contributed by atoms with Crippen molar-refractivity contribution in [2.45, 2.75) is 96.8 Å². The second-order valence-electron chi connectivity index (χ2n) is 12.4. The summed E-state index contributed by atoms with van der Waals surface area (Å²) in [6.45, 7) is 24.6. The van der Waals surface area contributed by atoms with Crippen molar-refractivity contribution in [3.63, 3.8) is 0 Å². The number of hydrogen-bond donors (Lipinski definition) is 0. The fraction of sp³-hybridized carbons (Fsp3) is 1.00. The molecule has 0 amide bonds. The van der Waals surface area contributed by atoms with Crippen LogP contribution in [0.2, 0.25) is 0 Å². The zero-order valence-corrected chi connectivity index (χ0v) is 19.6. The molecule has 3 heterocycles. The summed E-state index contributed by atoms with van der Waals surface area (Å²) in [4.78, 5) is 11.0. The lowest BCUT2D eigenvalue weighted by molar-refractivity contribution is -0.0540. The lowest BCUT2D eigenvalue weighted by Gasteiger charge is -2.56. The molecule has 4 fully saturated rings. The molecule has 28 heavy (non-hydrogen) atoms. The second-order valence-corrected chi connectivity index (χ2v) is 12.4. The van der Waals surface area contributed by atoms with E-state index < -0.39 is 0 Å². The van der Waals surface area contributed by atoms with Crippen molar-refractivity contribution in [2.24, 2.45) is 5.41 Å². The first-order valence-electron chi connectivity index (χ1n) is 12.0. The van der Waals surface area contributed by atoms with Gasteiger partial charge in [-0.1, -0.05) is 0 Å². The average Bonchev–Trinajstić information content (AvgIpc) is 3.08. The van der Waals surface area contributed by atoms with Crippen molar-refractivity contribution >= 4 is 0 Å². The summed E-state index contributed by atoms with van der Waals surface area (Å²) < 4.78 is 0. The maximum atomic E-state index is 2.86. The lowest BCUT2D eigenvalue weighted by atomic mass is 9.59. The normalized spacial score (nSPS) is 32.1. The van der Waals surface area contributed by atoms with Crippen molar-refractivity contribution < 1.29 is 0 Å². The van der Waals surface area contributed by atoms with Gasteiger partial charge in [0.1, 0.15) is 0 Å². The molecule has 0 aromatic heterocycles. The number of piperazine rings is 1. The zero-order valence-electron chi connectivity index (χ0n) is 19.6. The molecule has 4 nitrogen and oxygen atoms in total. The molecule has 4 aliphatic rings. The standard InChI is InChI=1S/C24H46N4/c1-22(2,3)27-11-8-24(9-12-27)17-21(18-24)26-10-7-20(19-26)25-13-15-28(16-14-25)23(4,5)6/h20-21H,7-19H2,1-6H3. The summed E-state index contributed by atoms with van der Waals surface area (Å²) >= 11 is 0. The number of hydrogen-bond acceptors (Lipinski definition) is 4. The molecule has 0 aromatic rings. The van der Waals surface area contributed by atoms with Crippen LogP contribution in [-0.4, -0.2) is 95.1 Å². The number of nitrogens with zero attached hydrogens (tertiary/aromatic N) is 4. The molecule has 1 spiro atoms. The SMILES string of the molecule is CC(C)(C)N1CCN(C2CCN(C3CC4(CCN(C(C)(C)C)CC4)C3)C2)CC1. The Morgan fingerprint density at radius 3 is 1.68 bits per heavy atom. The first-order valence-corrected chi connectivity index (χ1v) is 12.0. The van der Waals surface area contributed by atoms with Gasteiger partial charge >= 0.3 is 0 Å². The molecule has 1 unspecified atom stereocenters. The van der Waals surface area contributed by atoms with Gasteiger partial charge in [-0.25, -0.2) is 0 Å². The average molecular weight is 391 g/mol. The summed E-state index contributed by atoms with van der Waals surface area (Å²) in [6.07, 6.45) is 7.24. The van der Waals surface area contributed by atoms with E-state index in [1.807, 2.05) is 0 Å². The molecular weight excluding hydrogens is 344 g/mol. The molecule has 0 radical (unpaired) electrons. The van der Waals surface area contributed by atoms with E-state index >= 15 is 0 Å². The van der Waals surface area contributed by atoms with Crippen molar-refractivity contribution in [1.82, 2.24) is 19.6 Å². The Balaban J connectivity index is 1.21. The van der Waals surface area contributed by atoms with Crippen LogP contribution in [0.5, 0.6) is 0 Å². The minimum absolute atomic E-state index is 0.330.